The average Bonchev–Trinajstić information content (AvgIpc) is 3.14. The highest BCUT2D eigenvalue weighted by atomic mass is 32.2. The third kappa shape index (κ3) is 4.60. The Hall–Kier alpha value is -2.44. The van der Waals surface area contributed by atoms with E-state index in [1.54, 1.807) is 15.2 Å². The molecular weight excluding hydrogens is 382 g/mol. The van der Waals surface area contributed by atoms with Crippen LogP contribution in [0, 0.1) is 0 Å². The molecule has 2 aromatic carbocycles. The van der Waals surface area contributed by atoms with Crippen LogP contribution >= 0.6 is 0 Å². The van der Waals surface area contributed by atoms with Gasteiger partial charge in [0.05, 0.1) is 17.6 Å². The number of sulfonamides is 1. The summed E-state index contributed by atoms with van der Waals surface area (Å²) in [5.41, 5.74) is 1.94. The van der Waals surface area contributed by atoms with Gasteiger partial charge >= 0.3 is 0 Å². The Morgan fingerprint density at radius 1 is 0.966 bits per heavy atom. The van der Waals surface area contributed by atoms with Gasteiger partial charge in [0.25, 0.3) is 0 Å². The van der Waals surface area contributed by atoms with Crippen LogP contribution in [0.25, 0.3) is 5.69 Å². The normalized spacial score (nSPS) is 12.7. The van der Waals surface area contributed by atoms with Crippen molar-refractivity contribution in [2.75, 3.05) is 0 Å². The van der Waals surface area contributed by atoms with Crippen LogP contribution in [0.1, 0.15) is 45.9 Å². The zero-order chi connectivity index (χ0) is 21.2. The summed E-state index contributed by atoms with van der Waals surface area (Å²) in [6, 6.07) is 19.1. The first-order valence-corrected chi connectivity index (χ1v) is 11.3. The maximum Gasteiger partial charge on any atom is 0.247 e. The molecule has 0 fully saturated rings. The van der Waals surface area contributed by atoms with E-state index < -0.39 is 15.4 Å². The molecule has 0 amide bonds. The van der Waals surface area contributed by atoms with Gasteiger partial charge in [-0.05, 0) is 31.5 Å². The Balaban J connectivity index is 2.12. The lowest BCUT2D eigenvalue weighted by molar-refractivity contribution is 0.347. The predicted molar refractivity (Wildman–Crippen MR) is 117 cm³/mol. The molecule has 0 spiro atoms. The van der Waals surface area contributed by atoms with Gasteiger partial charge in [-0.25, -0.2) is 13.1 Å². The Bertz CT molecular complexity index is 1050. The molecule has 0 saturated heterocycles. The molecule has 1 heterocycles. The highest BCUT2D eigenvalue weighted by Crippen LogP contribution is 2.32. The summed E-state index contributed by atoms with van der Waals surface area (Å²) in [5.74, 6) is 0. The highest BCUT2D eigenvalue weighted by molar-refractivity contribution is 7.89. The van der Waals surface area contributed by atoms with Crippen LogP contribution in [-0.2, 0) is 22.0 Å². The Kier molecular flexibility index (Phi) is 5.96. The number of para-hydroxylation sites is 1. The lowest BCUT2D eigenvalue weighted by Crippen LogP contribution is -2.37. The SMILES string of the molecule is CC(C)N(Cc1ccccc1)S(=O)(=O)c1cn(-c2ccccc2)nc1C(C)(C)C. The maximum atomic E-state index is 13.8. The van der Waals surface area contributed by atoms with E-state index in [-0.39, 0.29) is 10.9 Å². The minimum atomic E-state index is -3.75. The number of nitrogens with zero attached hydrogens (tertiary/aromatic N) is 3. The van der Waals surface area contributed by atoms with Crippen LogP contribution in [0.15, 0.2) is 71.8 Å². The van der Waals surface area contributed by atoms with E-state index in [1.165, 1.54) is 0 Å². The number of rotatable bonds is 6. The molecule has 0 aliphatic heterocycles. The number of hydrogen-bond acceptors (Lipinski definition) is 3. The summed E-state index contributed by atoms with van der Waals surface area (Å²) in [6.45, 7) is 10.1. The minimum absolute atomic E-state index is 0.187. The third-order valence-corrected chi connectivity index (χ3v) is 6.78. The van der Waals surface area contributed by atoms with Gasteiger partial charge in [0.2, 0.25) is 10.0 Å². The Labute approximate surface area is 174 Å². The molecule has 0 saturated carbocycles. The Morgan fingerprint density at radius 3 is 2.03 bits per heavy atom. The fraction of sp³-hybridized carbons (Fsp3) is 0.348. The zero-order valence-corrected chi connectivity index (χ0v) is 18.5. The van der Waals surface area contributed by atoms with Crippen molar-refractivity contribution in [3.05, 3.63) is 78.1 Å². The fourth-order valence-electron chi connectivity index (χ4n) is 3.21. The highest BCUT2D eigenvalue weighted by Gasteiger charge is 2.35. The first-order valence-electron chi connectivity index (χ1n) is 9.82. The van der Waals surface area contributed by atoms with Crippen molar-refractivity contribution in [2.24, 2.45) is 0 Å². The van der Waals surface area contributed by atoms with Gasteiger partial charge in [-0.1, -0.05) is 69.3 Å². The van der Waals surface area contributed by atoms with Gasteiger partial charge in [0, 0.05) is 18.0 Å². The molecular formula is C23H29N3O2S. The first kappa shape index (κ1) is 21.3. The number of aromatic nitrogens is 2. The van der Waals surface area contributed by atoms with Gasteiger partial charge in [-0.2, -0.15) is 9.40 Å². The third-order valence-electron chi connectivity index (χ3n) is 4.76. The summed E-state index contributed by atoms with van der Waals surface area (Å²) in [5, 5.41) is 4.68. The molecule has 1 aromatic heterocycles. The van der Waals surface area contributed by atoms with Gasteiger partial charge in [-0.3, -0.25) is 0 Å². The van der Waals surface area contributed by atoms with Gasteiger partial charge < -0.3 is 0 Å². The van der Waals surface area contributed by atoms with Crippen molar-refractivity contribution < 1.29 is 8.42 Å². The van der Waals surface area contributed by atoms with Crippen molar-refractivity contribution in [2.45, 2.75) is 57.5 Å². The second kappa shape index (κ2) is 8.13. The summed E-state index contributed by atoms with van der Waals surface area (Å²) >= 11 is 0. The molecule has 6 heteroatoms. The Morgan fingerprint density at radius 2 is 1.52 bits per heavy atom. The van der Waals surface area contributed by atoms with Crippen molar-refractivity contribution in [1.82, 2.24) is 14.1 Å². The topological polar surface area (TPSA) is 55.2 Å². The van der Waals surface area contributed by atoms with Gasteiger partial charge in [0.15, 0.2) is 0 Å². The summed E-state index contributed by atoms with van der Waals surface area (Å²) < 4.78 is 30.7. The summed E-state index contributed by atoms with van der Waals surface area (Å²) in [7, 11) is -3.75. The van der Waals surface area contributed by atoms with Crippen molar-refractivity contribution in [3.63, 3.8) is 0 Å². The van der Waals surface area contributed by atoms with Gasteiger partial charge in [-0.15, -0.1) is 0 Å². The van der Waals surface area contributed by atoms with E-state index in [2.05, 4.69) is 5.10 Å². The molecule has 0 aliphatic rings. The second-order valence-corrected chi connectivity index (χ2v) is 10.4. The van der Waals surface area contributed by atoms with Crippen LogP contribution in [0.2, 0.25) is 0 Å². The van der Waals surface area contributed by atoms with Crippen LogP contribution < -0.4 is 0 Å². The van der Waals surface area contributed by atoms with Crippen molar-refractivity contribution in [1.29, 1.82) is 0 Å². The molecule has 3 rings (SSSR count). The molecule has 0 unspecified atom stereocenters. The predicted octanol–water partition coefficient (Wildman–Crippen LogP) is 4.77. The quantitative estimate of drug-likeness (QED) is 0.587. The molecule has 0 radical (unpaired) electrons. The van der Waals surface area contributed by atoms with E-state index in [9.17, 15) is 8.42 Å². The largest absolute Gasteiger partial charge is 0.247 e. The molecule has 0 bridgehead atoms. The van der Waals surface area contributed by atoms with Crippen LogP contribution in [0.5, 0.6) is 0 Å². The number of benzene rings is 2. The lowest BCUT2D eigenvalue weighted by Gasteiger charge is -2.27. The van der Waals surface area contributed by atoms with E-state index in [0.717, 1.165) is 11.3 Å². The summed E-state index contributed by atoms with van der Waals surface area (Å²) in [6.07, 6.45) is 1.64. The summed E-state index contributed by atoms with van der Waals surface area (Å²) in [4.78, 5) is 0.262. The van der Waals surface area contributed by atoms with Crippen molar-refractivity contribution >= 4 is 10.0 Å². The molecule has 154 valence electrons. The van der Waals surface area contributed by atoms with Crippen LogP contribution in [0.4, 0.5) is 0 Å². The molecule has 5 nitrogen and oxygen atoms in total. The first-order chi connectivity index (χ1) is 13.6. The second-order valence-electron chi connectivity index (χ2n) is 8.50. The van der Waals surface area contributed by atoms with Crippen molar-refractivity contribution in [3.8, 4) is 5.69 Å². The van der Waals surface area contributed by atoms with Crippen LogP contribution in [-0.4, -0.2) is 28.5 Å². The molecule has 0 atom stereocenters. The maximum absolute atomic E-state index is 13.8. The van der Waals surface area contributed by atoms with E-state index in [0.29, 0.717) is 12.2 Å². The monoisotopic (exact) mass is 411 g/mol. The fourth-order valence-corrected chi connectivity index (χ4v) is 5.17. The standard InChI is InChI=1S/C23H29N3O2S/c1-18(2)26(16-19-12-8-6-9-13-19)29(27,28)21-17-25(20-14-10-7-11-15-20)24-22(21)23(3,4)5/h6-15,17-18H,16H2,1-5H3. The lowest BCUT2D eigenvalue weighted by atomic mass is 9.92. The van der Waals surface area contributed by atoms with E-state index >= 15 is 0 Å². The van der Waals surface area contributed by atoms with Gasteiger partial charge in [0.1, 0.15) is 4.90 Å². The zero-order valence-electron chi connectivity index (χ0n) is 17.7. The molecule has 0 N–H and O–H groups in total. The minimum Gasteiger partial charge on any atom is -0.239 e. The average molecular weight is 412 g/mol. The van der Waals surface area contributed by atoms with Crippen LogP contribution in [0.3, 0.4) is 0 Å². The van der Waals surface area contributed by atoms with E-state index in [4.69, 9.17) is 0 Å². The molecule has 29 heavy (non-hydrogen) atoms. The number of hydrogen-bond donors (Lipinski definition) is 0. The molecule has 0 aliphatic carbocycles. The smallest absolute Gasteiger partial charge is 0.239 e. The van der Waals surface area contributed by atoms with E-state index in [1.807, 2.05) is 95.3 Å². The molecule has 3 aromatic rings.